The first kappa shape index (κ1) is 25.7. The van der Waals surface area contributed by atoms with Crippen LogP contribution in [0, 0.1) is 5.92 Å². The third-order valence-corrected chi connectivity index (χ3v) is 7.57. The van der Waals surface area contributed by atoms with Crippen molar-refractivity contribution in [3.63, 3.8) is 0 Å². The number of carbonyl (C=O) groups excluding carboxylic acids is 3. The van der Waals surface area contributed by atoms with Crippen molar-refractivity contribution in [1.82, 2.24) is 19.2 Å². The first-order valence-corrected chi connectivity index (χ1v) is 12.7. The van der Waals surface area contributed by atoms with Crippen LogP contribution in [0.5, 0.6) is 0 Å². The van der Waals surface area contributed by atoms with Crippen LogP contribution in [0.25, 0.3) is 11.0 Å². The van der Waals surface area contributed by atoms with Crippen LogP contribution in [0.15, 0.2) is 34.7 Å². The molecule has 3 amide bonds. The summed E-state index contributed by atoms with van der Waals surface area (Å²) in [6.07, 6.45) is 0.945. The number of carbonyl (C=O) groups is 3. The molecule has 2 heterocycles. The largest absolute Gasteiger partial charge is 0.451 e. The van der Waals surface area contributed by atoms with E-state index in [1.807, 2.05) is 19.9 Å². The zero-order valence-electron chi connectivity index (χ0n) is 19.9. The van der Waals surface area contributed by atoms with Gasteiger partial charge in [0.25, 0.3) is 11.8 Å². The highest BCUT2D eigenvalue weighted by molar-refractivity contribution is 7.87. The molecule has 186 valence electrons. The summed E-state index contributed by atoms with van der Waals surface area (Å²) < 4.78 is 33.8. The molecule has 0 unspecified atom stereocenters. The summed E-state index contributed by atoms with van der Waals surface area (Å²) in [7, 11) is -1.56. The average Bonchev–Trinajstić information content (AvgIpc) is 3.09. The maximum absolute atomic E-state index is 13.7. The van der Waals surface area contributed by atoms with Crippen molar-refractivity contribution in [2.45, 2.75) is 51.6 Å². The fourth-order valence-electron chi connectivity index (χ4n) is 3.98. The minimum absolute atomic E-state index is 0.0220. The Morgan fingerprint density at radius 3 is 2.59 bits per heavy atom. The van der Waals surface area contributed by atoms with Gasteiger partial charge in [-0.25, -0.2) is 4.31 Å². The number of nitrogens with zero attached hydrogens (tertiary/aromatic N) is 2. The van der Waals surface area contributed by atoms with E-state index in [9.17, 15) is 22.8 Å². The van der Waals surface area contributed by atoms with E-state index in [4.69, 9.17) is 4.42 Å². The lowest BCUT2D eigenvalue weighted by molar-refractivity contribution is -0.131. The molecule has 10 nitrogen and oxygen atoms in total. The van der Waals surface area contributed by atoms with Gasteiger partial charge in [-0.05, 0) is 37.3 Å². The minimum atomic E-state index is -4.22. The molecular weight excluding hydrogens is 460 g/mol. The molecule has 1 saturated heterocycles. The number of rotatable bonds is 8. The molecule has 1 aliphatic heterocycles. The second-order valence-electron chi connectivity index (χ2n) is 9.08. The summed E-state index contributed by atoms with van der Waals surface area (Å²) in [6, 6.07) is 6.73. The maximum atomic E-state index is 13.7. The second kappa shape index (κ2) is 10.6. The summed E-state index contributed by atoms with van der Waals surface area (Å²) in [5, 5.41) is 6.12. The van der Waals surface area contributed by atoms with Crippen LogP contribution < -0.4 is 10.6 Å². The summed E-state index contributed by atoms with van der Waals surface area (Å²) in [5.74, 6) is -1.70. The van der Waals surface area contributed by atoms with Crippen LogP contribution >= 0.6 is 0 Å². The molecule has 2 N–H and O–H groups in total. The van der Waals surface area contributed by atoms with E-state index in [2.05, 4.69) is 10.6 Å². The predicted molar refractivity (Wildman–Crippen MR) is 127 cm³/mol. The van der Waals surface area contributed by atoms with Crippen molar-refractivity contribution in [3.8, 4) is 0 Å². The number of hydrogen-bond acceptors (Lipinski definition) is 6. The molecule has 0 saturated carbocycles. The highest BCUT2D eigenvalue weighted by Gasteiger charge is 2.41. The van der Waals surface area contributed by atoms with E-state index in [1.165, 1.54) is 14.1 Å². The van der Waals surface area contributed by atoms with Crippen molar-refractivity contribution < 1.29 is 27.2 Å². The number of furan rings is 1. The van der Waals surface area contributed by atoms with E-state index in [1.54, 1.807) is 24.3 Å². The SMILES string of the molecule is CC(C)C[C@H](NC(=O)c1cc2ccccc2o1)C(=O)N([C@H]1CCCNC(=O)C1)S(=O)(=O)N(C)C. The Balaban J connectivity index is 1.94. The average molecular weight is 493 g/mol. The zero-order chi connectivity index (χ0) is 25.0. The molecular formula is C23H32N4O6S. The molecule has 2 aromatic rings. The van der Waals surface area contributed by atoms with Gasteiger partial charge in [-0.2, -0.15) is 12.7 Å². The molecule has 0 bridgehead atoms. The van der Waals surface area contributed by atoms with Gasteiger partial charge in [0.2, 0.25) is 5.91 Å². The van der Waals surface area contributed by atoms with E-state index < -0.39 is 34.1 Å². The van der Waals surface area contributed by atoms with Crippen molar-refractivity contribution in [2.75, 3.05) is 20.6 Å². The lowest BCUT2D eigenvalue weighted by Crippen LogP contribution is -2.57. The van der Waals surface area contributed by atoms with Gasteiger partial charge in [0.05, 0.1) is 6.04 Å². The number of nitrogens with one attached hydrogen (secondary N) is 2. The molecule has 1 fully saturated rings. The van der Waals surface area contributed by atoms with Gasteiger partial charge >= 0.3 is 10.2 Å². The van der Waals surface area contributed by atoms with Crippen molar-refractivity contribution in [3.05, 3.63) is 36.1 Å². The van der Waals surface area contributed by atoms with Gasteiger partial charge in [0.1, 0.15) is 11.6 Å². The van der Waals surface area contributed by atoms with Crippen LogP contribution in [0.2, 0.25) is 0 Å². The van der Waals surface area contributed by atoms with Gasteiger partial charge in [-0.1, -0.05) is 32.0 Å². The highest BCUT2D eigenvalue weighted by atomic mass is 32.2. The normalized spacial score (nSPS) is 17.9. The molecule has 1 aromatic carbocycles. The summed E-state index contributed by atoms with van der Waals surface area (Å²) in [4.78, 5) is 38.9. The number of amides is 3. The quantitative estimate of drug-likeness (QED) is 0.579. The highest BCUT2D eigenvalue weighted by Crippen LogP contribution is 2.23. The first-order valence-electron chi connectivity index (χ1n) is 11.3. The van der Waals surface area contributed by atoms with E-state index >= 15 is 0 Å². The van der Waals surface area contributed by atoms with Crippen LogP contribution in [0.1, 0.15) is 50.1 Å². The Labute approximate surface area is 199 Å². The van der Waals surface area contributed by atoms with Crippen LogP contribution in [-0.2, 0) is 19.8 Å². The molecule has 0 aliphatic carbocycles. The summed E-state index contributed by atoms with van der Waals surface area (Å²) in [5.41, 5.74) is 0.528. The summed E-state index contributed by atoms with van der Waals surface area (Å²) >= 11 is 0. The number of fused-ring (bicyclic) bond motifs is 1. The number of hydrogen-bond donors (Lipinski definition) is 2. The van der Waals surface area contributed by atoms with Gasteiger partial charge in [-0.3, -0.25) is 14.4 Å². The standard InChI is InChI=1S/C23H32N4O6S/c1-15(2)12-18(25-22(29)20-13-16-8-5-6-10-19(16)33-20)23(30)27(34(31,32)26(3)4)17-9-7-11-24-21(28)14-17/h5-6,8,10,13,15,17-18H,7,9,11-12,14H2,1-4H3,(H,24,28)(H,25,29)/t17-,18-/m0/s1. The Morgan fingerprint density at radius 1 is 1.24 bits per heavy atom. The van der Waals surface area contributed by atoms with E-state index in [0.717, 1.165) is 14.0 Å². The van der Waals surface area contributed by atoms with Gasteiger partial charge in [-0.15, -0.1) is 0 Å². The van der Waals surface area contributed by atoms with E-state index in [0.29, 0.717) is 25.0 Å². The van der Waals surface area contributed by atoms with Gasteiger partial charge < -0.3 is 15.1 Å². The van der Waals surface area contributed by atoms with Crippen LogP contribution in [0.4, 0.5) is 0 Å². The molecule has 3 rings (SSSR count). The Hall–Kier alpha value is -2.92. The molecule has 11 heteroatoms. The Kier molecular flexibility index (Phi) is 7.98. The smallest absolute Gasteiger partial charge is 0.306 e. The molecule has 34 heavy (non-hydrogen) atoms. The van der Waals surface area contributed by atoms with E-state index in [-0.39, 0.29) is 30.4 Å². The van der Waals surface area contributed by atoms with Gasteiger partial charge in [0.15, 0.2) is 5.76 Å². The van der Waals surface area contributed by atoms with Crippen LogP contribution in [0.3, 0.4) is 0 Å². The molecule has 0 radical (unpaired) electrons. The fraction of sp³-hybridized carbons (Fsp3) is 0.522. The van der Waals surface area contributed by atoms with Crippen molar-refractivity contribution >= 4 is 38.9 Å². The summed E-state index contributed by atoms with van der Waals surface area (Å²) in [6.45, 7) is 4.16. The zero-order valence-corrected chi connectivity index (χ0v) is 20.7. The van der Waals surface area contributed by atoms with Crippen molar-refractivity contribution in [2.24, 2.45) is 5.92 Å². The minimum Gasteiger partial charge on any atom is -0.451 e. The molecule has 1 aromatic heterocycles. The first-order chi connectivity index (χ1) is 16.0. The van der Waals surface area contributed by atoms with Gasteiger partial charge in [0, 0.05) is 32.4 Å². The fourth-order valence-corrected chi connectivity index (χ4v) is 5.24. The Bertz CT molecular complexity index is 1120. The molecule has 0 spiro atoms. The predicted octanol–water partition coefficient (Wildman–Crippen LogP) is 1.88. The number of para-hydroxylation sites is 1. The maximum Gasteiger partial charge on any atom is 0.306 e. The van der Waals surface area contributed by atoms with Crippen molar-refractivity contribution in [1.29, 1.82) is 0 Å². The molecule has 1 aliphatic rings. The third-order valence-electron chi connectivity index (χ3n) is 5.68. The molecule has 2 atom stereocenters. The van der Waals surface area contributed by atoms with Crippen LogP contribution in [-0.4, -0.2) is 67.5 Å². The lowest BCUT2D eigenvalue weighted by Gasteiger charge is -2.34. The Morgan fingerprint density at radius 2 is 1.94 bits per heavy atom. The number of benzene rings is 1. The lowest BCUT2D eigenvalue weighted by atomic mass is 10.0. The third kappa shape index (κ3) is 5.76. The monoisotopic (exact) mass is 492 g/mol. The topological polar surface area (TPSA) is 129 Å². The second-order valence-corrected chi connectivity index (χ2v) is 11.1.